The summed E-state index contributed by atoms with van der Waals surface area (Å²) in [4.78, 5) is 13.7. The fourth-order valence-corrected chi connectivity index (χ4v) is 5.73. The van der Waals surface area contributed by atoms with Crippen molar-refractivity contribution >= 4 is 50.9 Å². The number of nitrogens with one attached hydrogen (secondary N) is 1. The molecule has 1 aliphatic rings. The van der Waals surface area contributed by atoms with Crippen LogP contribution < -0.4 is 0 Å². The molecule has 0 radical (unpaired) electrons. The first-order valence-corrected chi connectivity index (χ1v) is 11.8. The smallest absolute Gasteiger partial charge is 0.186 e. The maximum atomic E-state index is 13.3. The van der Waals surface area contributed by atoms with E-state index in [4.69, 9.17) is 5.41 Å². The summed E-state index contributed by atoms with van der Waals surface area (Å²) in [6, 6.07) is 14.5. The zero-order valence-corrected chi connectivity index (χ0v) is 18.8. The van der Waals surface area contributed by atoms with E-state index in [9.17, 15) is 9.18 Å². The second-order valence-electron chi connectivity index (χ2n) is 7.52. The number of aromatic nitrogens is 3. The molecule has 0 spiro atoms. The minimum Gasteiger partial charge on any atom is -0.342 e. The largest absolute Gasteiger partial charge is 0.342 e. The maximum absolute atomic E-state index is 13.3. The Morgan fingerprint density at radius 3 is 2.69 bits per heavy atom. The Kier molecular flexibility index (Phi) is 5.48. The number of allylic oxidation sites excluding steroid dienone is 1. The van der Waals surface area contributed by atoms with Gasteiger partial charge in [0.05, 0.1) is 9.95 Å². The molecule has 1 aliphatic heterocycles. The number of rotatable bonds is 5. The van der Waals surface area contributed by atoms with Crippen molar-refractivity contribution in [3.8, 4) is 0 Å². The highest BCUT2D eigenvalue weighted by molar-refractivity contribution is 8.19. The van der Waals surface area contributed by atoms with E-state index in [-0.39, 0.29) is 16.6 Å². The molecule has 1 atom stereocenters. The molecule has 1 saturated heterocycles. The zero-order valence-electron chi connectivity index (χ0n) is 17.2. The molecule has 2 aromatic heterocycles. The average Bonchev–Trinajstić information content (AvgIpc) is 3.47. The van der Waals surface area contributed by atoms with Crippen LogP contribution in [0.1, 0.15) is 34.0 Å². The fourth-order valence-electron chi connectivity index (χ4n) is 3.79. The summed E-state index contributed by atoms with van der Waals surface area (Å²) in [6.45, 7) is 2.59. The lowest BCUT2D eigenvalue weighted by Crippen LogP contribution is -2.11. The number of carbonyl (C=O) groups is 1. The Balaban J connectivity index is 1.50. The van der Waals surface area contributed by atoms with Crippen molar-refractivity contribution < 1.29 is 9.18 Å². The summed E-state index contributed by atoms with van der Waals surface area (Å²) >= 11 is 2.59. The summed E-state index contributed by atoms with van der Waals surface area (Å²) in [6.07, 6.45) is 4.63. The number of fused-ring (bicyclic) bond motifs is 1. The number of nitrogens with zero attached hydrogens (tertiary/aromatic N) is 3. The summed E-state index contributed by atoms with van der Waals surface area (Å²) in [5, 5.41) is 19.4. The van der Waals surface area contributed by atoms with Crippen LogP contribution in [0.3, 0.4) is 0 Å². The molecule has 160 valence electrons. The van der Waals surface area contributed by atoms with E-state index in [2.05, 4.69) is 14.8 Å². The molecule has 0 amide bonds. The SMILES string of the molecule is CCc1nnc([C@@H]2C(=N)S/C(=C\c3cn(Cc4ccc(F)cc4)c4ccccc34)C2=O)s1. The number of thioether (sulfide) groups is 1. The number of halogens is 1. The molecule has 0 bridgehead atoms. The molecule has 2 aromatic carbocycles. The predicted molar refractivity (Wildman–Crippen MR) is 128 cm³/mol. The average molecular weight is 463 g/mol. The lowest BCUT2D eigenvalue weighted by molar-refractivity contribution is -0.114. The lowest BCUT2D eigenvalue weighted by atomic mass is 10.0. The van der Waals surface area contributed by atoms with Gasteiger partial charge in [-0.1, -0.05) is 49.0 Å². The Morgan fingerprint density at radius 1 is 1.16 bits per heavy atom. The Hall–Kier alpha value is -3.10. The number of Topliss-reactive ketones (excluding diaryl/α,β-unsaturated/α-hetero) is 1. The Bertz CT molecular complexity index is 1370. The first-order valence-electron chi connectivity index (χ1n) is 10.2. The normalized spacial score (nSPS) is 17.7. The van der Waals surface area contributed by atoms with Gasteiger partial charge >= 0.3 is 0 Å². The van der Waals surface area contributed by atoms with Gasteiger partial charge in [0.25, 0.3) is 0 Å². The molecule has 1 fully saturated rings. The molecule has 0 unspecified atom stereocenters. The third-order valence-electron chi connectivity index (χ3n) is 5.39. The Labute approximate surface area is 192 Å². The van der Waals surface area contributed by atoms with Crippen molar-refractivity contribution in [3.05, 3.63) is 86.6 Å². The van der Waals surface area contributed by atoms with Gasteiger partial charge in [0, 0.05) is 29.2 Å². The number of ketones is 1. The number of carbonyl (C=O) groups excluding carboxylic acids is 1. The summed E-state index contributed by atoms with van der Waals surface area (Å²) in [5.74, 6) is -1.02. The van der Waals surface area contributed by atoms with Crippen molar-refractivity contribution in [1.82, 2.24) is 14.8 Å². The van der Waals surface area contributed by atoms with Crippen LogP contribution in [-0.4, -0.2) is 25.6 Å². The number of hydrogen-bond donors (Lipinski definition) is 1. The van der Waals surface area contributed by atoms with Gasteiger partial charge in [-0.2, -0.15) is 0 Å². The lowest BCUT2D eigenvalue weighted by Gasteiger charge is -2.05. The highest BCUT2D eigenvalue weighted by Gasteiger charge is 2.39. The first kappa shape index (κ1) is 20.8. The molecule has 0 saturated carbocycles. The van der Waals surface area contributed by atoms with E-state index in [1.165, 1.54) is 35.2 Å². The second-order valence-corrected chi connectivity index (χ2v) is 9.69. The fraction of sp³-hybridized carbons (Fsp3) is 0.167. The van der Waals surface area contributed by atoms with Crippen molar-refractivity contribution in [2.75, 3.05) is 0 Å². The van der Waals surface area contributed by atoms with Crippen molar-refractivity contribution in [2.24, 2.45) is 0 Å². The molecule has 5 rings (SSSR count). The van der Waals surface area contributed by atoms with Gasteiger partial charge in [-0.25, -0.2) is 4.39 Å². The van der Waals surface area contributed by atoms with E-state index in [1.54, 1.807) is 12.1 Å². The summed E-state index contributed by atoms with van der Waals surface area (Å²) in [5.41, 5.74) is 2.93. The van der Waals surface area contributed by atoms with Crippen LogP contribution in [0.2, 0.25) is 0 Å². The van der Waals surface area contributed by atoms with Crippen LogP contribution in [0, 0.1) is 11.2 Å². The molecule has 5 nitrogen and oxygen atoms in total. The monoisotopic (exact) mass is 462 g/mol. The number of hydrogen-bond acceptors (Lipinski definition) is 6. The molecule has 4 aromatic rings. The van der Waals surface area contributed by atoms with Crippen LogP contribution >= 0.6 is 23.1 Å². The molecule has 32 heavy (non-hydrogen) atoms. The highest BCUT2D eigenvalue weighted by Crippen LogP contribution is 2.42. The summed E-state index contributed by atoms with van der Waals surface area (Å²) < 4.78 is 15.4. The van der Waals surface area contributed by atoms with Gasteiger partial charge in [-0.05, 0) is 36.3 Å². The van der Waals surface area contributed by atoms with Gasteiger partial charge < -0.3 is 4.57 Å². The van der Waals surface area contributed by atoms with Crippen LogP contribution in [0.15, 0.2) is 59.6 Å². The van der Waals surface area contributed by atoms with Gasteiger partial charge in [0.2, 0.25) is 0 Å². The van der Waals surface area contributed by atoms with Crippen molar-refractivity contribution in [1.29, 1.82) is 5.41 Å². The highest BCUT2D eigenvalue weighted by atomic mass is 32.2. The molecule has 8 heteroatoms. The van der Waals surface area contributed by atoms with E-state index in [0.29, 0.717) is 16.5 Å². The first-order chi connectivity index (χ1) is 15.5. The topological polar surface area (TPSA) is 71.6 Å². The standard InChI is InChI=1S/C24H19FN4OS2/c1-2-20-27-28-24(32-20)21-22(30)19(31-23(21)26)11-15-13-29(18-6-4-3-5-17(15)18)12-14-7-9-16(25)10-8-14/h3-11,13,21,26H,2,12H2,1H3/b19-11-,26-23?/t21-/m0/s1. The van der Waals surface area contributed by atoms with Crippen molar-refractivity contribution in [2.45, 2.75) is 25.8 Å². The van der Waals surface area contributed by atoms with E-state index in [0.717, 1.165) is 33.5 Å². The Morgan fingerprint density at radius 2 is 1.94 bits per heavy atom. The number of aryl methyl sites for hydroxylation is 1. The van der Waals surface area contributed by atoms with Crippen molar-refractivity contribution in [3.63, 3.8) is 0 Å². The van der Waals surface area contributed by atoms with Crippen LogP contribution in [0.25, 0.3) is 17.0 Å². The maximum Gasteiger partial charge on any atom is 0.186 e. The minimum absolute atomic E-state index is 0.103. The van der Waals surface area contributed by atoms with E-state index >= 15 is 0 Å². The molecule has 3 heterocycles. The van der Waals surface area contributed by atoms with E-state index in [1.807, 2.05) is 43.5 Å². The van der Waals surface area contributed by atoms with E-state index < -0.39 is 5.92 Å². The molecule has 1 N–H and O–H groups in total. The van der Waals surface area contributed by atoms with Crippen LogP contribution in [0.4, 0.5) is 4.39 Å². The van der Waals surface area contributed by atoms with Gasteiger partial charge in [-0.3, -0.25) is 10.2 Å². The quantitative estimate of drug-likeness (QED) is 0.389. The van der Waals surface area contributed by atoms with Gasteiger partial charge in [0.15, 0.2) is 5.78 Å². The molecular formula is C24H19FN4OS2. The van der Waals surface area contributed by atoms with Gasteiger partial charge in [-0.15, -0.1) is 21.5 Å². The summed E-state index contributed by atoms with van der Waals surface area (Å²) in [7, 11) is 0. The molecule has 0 aliphatic carbocycles. The van der Waals surface area contributed by atoms with Gasteiger partial charge in [0.1, 0.15) is 21.8 Å². The second kappa shape index (κ2) is 8.44. The molecular weight excluding hydrogens is 443 g/mol. The van der Waals surface area contributed by atoms with Crippen LogP contribution in [-0.2, 0) is 17.8 Å². The zero-order chi connectivity index (χ0) is 22.2. The van der Waals surface area contributed by atoms with Crippen LogP contribution in [0.5, 0.6) is 0 Å². The number of benzene rings is 2. The third-order valence-corrected chi connectivity index (χ3v) is 7.52. The number of para-hydroxylation sites is 1. The third kappa shape index (κ3) is 3.80. The minimum atomic E-state index is -0.656. The predicted octanol–water partition coefficient (Wildman–Crippen LogP) is 5.66.